The van der Waals surface area contributed by atoms with Crippen molar-refractivity contribution < 1.29 is 13.5 Å². The summed E-state index contributed by atoms with van der Waals surface area (Å²) in [5.41, 5.74) is 1.82. The zero-order valence-electron chi connectivity index (χ0n) is 8.10. The third-order valence-electron chi connectivity index (χ3n) is 1.87. The summed E-state index contributed by atoms with van der Waals surface area (Å²) in [6, 6.07) is 7.37. The van der Waals surface area contributed by atoms with Crippen LogP contribution in [0, 0.1) is 6.92 Å². The Labute approximate surface area is 84.3 Å². The highest BCUT2D eigenvalue weighted by Crippen LogP contribution is 2.08. The minimum Gasteiger partial charge on any atom is -0.395 e. The first kappa shape index (κ1) is 11.2. The molecular weight excluding hydrogens is 200 g/mol. The Morgan fingerprint density at radius 3 is 2.64 bits per heavy atom. The molecule has 0 bridgehead atoms. The molecule has 1 N–H and O–H groups in total. The molecule has 0 heterocycles. The van der Waals surface area contributed by atoms with Crippen LogP contribution in [-0.2, 0) is 15.6 Å². The van der Waals surface area contributed by atoms with Crippen molar-refractivity contribution in [3.05, 3.63) is 35.4 Å². The maximum absolute atomic E-state index is 11.4. The third kappa shape index (κ3) is 3.47. The van der Waals surface area contributed by atoms with E-state index in [1.165, 1.54) is 0 Å². The molecule has 0 aliphatic heterocycles. The monoisotopic (exact) mass is 214 g/mol. The Balaban J connectivity index is 2.79. The number of hydrogen-bond donors (Lipinski definition) is 1. The van der Waals surface area contributed by atoms with E-state index in [0.29, 0.717) is 0 Å². The molecule has 0 radical (unpaired) electrons. The van der Waals surface area contributed by atoms with Gasteiger partial charge in [0.25, 0.3) is 0 Å². The summed E-state index contributed by atoms with van der Waals surface area (Å²) in [4.78, 5) is 0. The summed E-state index contributed by atoms with van der Waals surface area (Å²) in [5.74, 6) is -0.157. The van der Waals surface area contributed by atoms with E-state index >= 15 is 0 Å². The molecule has 0 aromatic heterocycles. The highest BCUT2D eigenvalue weighted by molar-refractivity contribution is 7.90. The lowest BCUT2D eigenvalue weighted by molar-refractivity contribution is 0.319. The Kier molecular flexibility index (Phi) is 3.66. The smallest absolute Gasteiger partial charge is 0.156 e. The standard InChI is InChI=1S/C10H14O3S/c1-9-3-2-4-10(7-9)8-14(12,13)6-5-11/h2-4,7,11H,5-6,8H2,1H3. The first-order valence-electron chi connectivity index (χ1n) is 4.40. The molecule has 0 spiro atoms. The largest absolute Gasteiger partial charge is 0.395 e. The number of aliphatic hydroxyl groups excluding tert-OH is 1. The molecule has 0 saturated heterocycles. The predicted octanol–water partition coefficient (Wildman–Crippen LogP) is 0.902. The van der Waals surface area contributed by atoms with E-state index in [4.69, 9.17) is 5.11 Å². The molecule has 0 amide bonds. The predicted molar refractivity (Wildman–Crippen MR) is 55.8 cm³/mol. The second-order valence-electron chi connectivity index (χ2n) is 3.30. The van der Waals surface area contributed by atoms with E-state index in [1.54, 1.807) is 6.07 Å². The van der Waals surface area contributed by atoms with Crippen LogP contribution in [0.5, 0.6) is 0 Å². The molecule has 0 atom stereocenters. The fourth-order valence-corrected chi connectivity index (χ4v) is 2.38. The Morgan fingerprint density at radius 1 is 1.36 bits per heavy atom. The second kappa shape index (κ2) is 4.57. The lowest BCUT2D eigenvalue weighted by Gasteiger charge is -2.03. The molecular formula is C10H14O3S. The van der Waals surface area contributed by atoms with Crippen LogP contribution in [0.15, 0.2) is 24.3 Å². The van der Waals surface area contributed by atoms with Crippen molar-refractivity contribution in [1.82, 2.24) is 0 Å². The van der Waals surface area contributed by atoms with Gasteiger partial charge in [0.15, 0.2) is 9.84 Å². The molecule has 78 valence electrons. The average molecular weight is 214 g/mol. The van der Waals surface area contributed by atoms with Crippen LogP contribution in [0.4, 0.5) is 0 Å². The van der Waals surface area contributed by atoms with Gasteiger partial charge in [-0.05, 0) is 12.5 Å². The van der Waals surface area contributed by atoms with Gasteiger partial charge < -0.3 is 5.11 Å². The van der Waals surface area contributed by atoms with Crippen molar-refractivity contribution in [1.29, 1.82) is 0 Å². The average Bonchev–Trinajstić information content (AvgIpc) is 2.02. The number of hydrogen-bond acceptors (Lipinski definition) is 3. The maximum atomic E-state index is 11.4. The highest BCUT2D eigenvalue weighted by Gasteiger charge is 2.10. The van der Waals surface area contributed by atoms with Gasteiger partial charge in [-0.3, -0.25) is 0 Å². The van der Waals surface area contributed by atoms with Gasteiger partial charge in [0.1, 0.15) is 0 Å². The van der Waals surface area contributed by atoms with E-state index in [1.807, 2.05) is 25.1 Å². The Morgan fingerprint density at radius 2 is 2.07 bits per heavy atom. The number of aliphatic hydroxyl groups is 1. The van der Waals surface area contributed by atoms with Crippen molar-refractivity contribution in [3.8, 4) is 0 Å². The molecule has 0 saturated carbocycles. The van der Waals surface area contributed by atoms with Gasteiger partial charge in [-0.2, -0.15) is 0 Å². The van der Waals surface area contributed by atoms with Crippen LogP contribution >= 0.6 is 0 Å². The molecule has 3 nitrogen and oxygen atoms in total. The quantitative estimate of drug-likeness (QED) is 0.810. The van der Waals surface area contributed by atoms with Crippen LogP contribution in [0.2, 0.25) is 0 Å². The van der Waals surface area contributed by atoms with Crippen LogP contribution in [0.1, 0.15) is 11.1 Å². The molecule has 1 aromatic carbocycles. The van der Waals surface area contributed by atoms with Gasteiger partial charge in [-0.25, -0.2) is 8.42 Å². The first-order valence-corrected chi connectivity index (χ1v) is 6.22. The summed E-state index contributed by atoms with van der Waals surface area (Å²) in [7, 11) is -3.15. The second-order valence-corrected chi connectivity index (χ2v) is 5.49. The Hall–Kier alpha value is -0.870. The molecule has 0 aliphatic rings. The van der Waals surface area contributed by atoms with Gasteiger partial charge in [0, 0.05) is 0 Å². The van der Waals surface area contributed by atoms with Crippen molar-refractivity contribution in [3.63, 3.8) is 0 Å². The van der Waals surface area contributed by atoms with Crippen molar-refractivity contribution >= 4 is 9.84 Å². The third-order valence-corrected chi connectivity index (χ3v) is 3.45. The van der Waals surface area contributed by atoms with E-state index < -0.39 is 9.84 Å². The lowest BCUT2D eigenvalue weighted by atomic mass is 10.2. The fourth-order valence-electron chi connectivity index (χ4n) is 1.27. The molecule has 0 fully saturated rings. The number of rotatable bonds is 4. The summed E-state index contributed by atoms with van der Waals surface area (Å²) >= 11 is 0. The molecule has 0 aliphatic carbocycles. The van der Waals surface area contributed by atoms with E-state index in [9.17, 15) is 8.42 Å². The fraction of sp³-hybridized carbons (Fsp3) is 0.400. The number of sulfone groups is 1. The molecule has 0 unspecified atom stereocenters. The van der Waals surface area contributed by atoms with Gasteiger partial charge in [-0.1, -0.05) is 29.8 Å². The summed E-state index contributed by atoms with van der Waals surface area (Å²) in [5, 5.41) is 8.56. The van der Waals surface area contributed by atoms with E-state index in [0.717, 1.165) is 11.1 Å². The highest BCUT2D eigenvalue weighted by atomic mass is 32.2. The van der Waals surface area contributed by atoms with Crippen LogP contribution < -0.4 is 0 Å². The minimum atomic E-state index is -3.15. The van der Waals surface area contributed by atoms with Gasteiger partial charge in [-0.15, -0.1) is 0 Å². The van der Waals surface area contributed by atoms with E-state index in [2.05, 4.69) is 0 Å². The molecule has 4 heteroatoms. The van der Waals surface area contributed by atoms with Crippen molar-refractivity contribution in [2.75, 3.05) is 12.4 Å². The normalized spacial score (nSPS) is 11.6. The first-order chi connectivity index (χ1) is 6.53. The molecule has 1 aromatic rings. The van der Waals surface area contributed by atoms with Crippen LogP contribution in [0.3, 0.4) is 0 Å². The van der Waals surface area contributed by atoms with Gasteiger partial charge in [0.05, 0.1) is 18.1 Å². The van der Waals surface area contributed by atoms with Crippen LogP contribution in [-0.4, -0.2) is 25.9 Å². The Bertz CT molecular complexity index is 396. The number of benzene rings is 1. The zero-order valence-corrected chi connectivity index (χ0v) is 8.92. The zero-order chi connectivity index (χ0) is 10.6. The summed E-state index contributed by atoms with van der Waals surface area (Å²) in [6.45, 7) is 1.61. The summed E-state index contributed by atoms with van der Waals surface area (Å²) < 4.78 is 22.7. The van der Waals surface area contributed by atoms with Crippen LogP contribution in [0.25, 0.3) is 0 Å². The topological polar surface area (TPSA) is 54.4 Å². The molecule has 14 heavy (non-hydrogen) atoms. The van der Waals surface area contributed by atoms with E-state index in [-0.39, 0.29) is 18.1 Å². The van der Waals surface area contributed by atoms with Crippen molar-refractivity contribution in [2.24, 2.45) is 0 Å². The maximum Gasteiger partial charge on any atom is 0.156 e. The van der Waals surface area contributed by atoms with Gasteiger partial charge >= 0.3 is 0 Å². The summed E-state index contributed by atoms with van der Waals surface area (Å²) in [6.07, 6.45) is 0. The van der Waals surface area contributed by atoms with Gasteiger partial charge in [0.2, 0.25) is 0 Å². The minimum absolute atomic E-state index is 0.00917. The number of aryl methyl sites for hydroxylation is 1. The van der Waals surface area contributed by atoms with Crippen molar-refractivity contribution in [2.45, 2.75) is 12.7 Å². The SMILES string of the molecule is Cc1cccc(CS(=O)(=O)CCO)c1. The molecule has 1 rings (SSSR count). The lowest BCUT2D eigenvalue weighted by Crippen LogP contribution is -2.12.